The quantitative estimate of drug-likeness (QED) is 0.155. The second-order valence-electron chi connectivity index (χ2n) is 13.4. The van der Waals surface area contributed by atoms with Crippen LogP contribution in [0, 0.1) is 0 Å². The van der Waals surface area contributed by atoms with Gasteiger partial charge in [-0.05, 0) is 115 Å². The van der Waals surface area contributed by atoms with Gasteiger partial charge < -0.3 is 4.90 Å². The topological polar surface area (TPSA) is 3.24 Å². The lowest BCUT2D eigenvalue weighted by Crippen LogP contribution is -2.10. The van der Waals surface area contributed by atoms with Gasteiger partial charge in [0.2, 0.25) is 0 Å². The molecule has 0 heterocycles. The molecule has 9 aromatic carbocycles. The Hall–Kier alpha value is -6.96. The Labute approximate surface area is 311 Å². The van der Waals surface area contributed by atoms with E-state index in [4.69, 9.17) is 0 Å². The highest BCUT2D eigenvalue weighted by atomic mass is 15.1. The number of hydrogen-bond donors (Lipinski definition) is 0. The van der Waals surface area contributed by atoms with Gasteiger partial charge >= 0.3 is 0 Å². The molecule has 53 heavy (non-hydrogen) atoms. The van der Waals surface area contributed by atoms with Gasteiger partial charge in [-0.3, -0.25) is 0 Å². The van der Waals surface area contributed by atoms with Gasteiger partial charge in [-0.2, -0.15) is 0 Å². The van der Waals surface area contributed by atoms with Crippen LogP contribution in [0.25, 0.3) is 66.4 Å². The second kappa shape index (κ2) is 14.3. The normalized spacial score (nSPS) is 11.0. The molecular weight excluding hydrogens is 639 g/mol. The van der Waals surface area contributed by atoms with Crippen molar-refractivity contribution in [1.82, 2.24) is 0 Å². The molecule has 0 aliphatic carbocycles. The van der Waals surface area contributed by atoms with E-state index in [1.54, 1.807) is 0 Å². The number of nitrogens with zero attached hydrogens (tertiary/aromatic N) is 1. The summed E-state index contributed by atoms with van der Waals surface area (Å²) in [5.41, 5.74) is 15.3. The van der Waals surface area contributed by atoms with Crippen molar-refractivity contribution in [3.05, 3.63) is 224 Å². The van der Waals surface area contributed by atoms with Crippen molar-refractivity contribution in [3.8, 4) is 55.6 Å². The summed E-state index contributed by atoms with van der Waals surface area (Å²) in [6.45, 7) is 0. The smallest absolute Gasteiger partial charge is 0.0467 e. The van der Waals surface area contributed by atoms with Gasteiger partial charge in [0, 0.05) is 17.1 Å². The van der Waals surface area contributed by atoms with Crippen LogP contribution in [0.5, 0.6) is 0 Å². The van der Waals surface area contributed by atoms with E-state index < -0.39 is 0 Å². The van der Waals surface area contributed by atoms with E-state index in [2.05, 4.69) is 229 Å². The fourth-order valence-electron chi connectivity index (χ4n) is 7.38. The minimum Gasteiger partial charge on any atom is -0.310 e. The van der Waals surface area contributed by atoms with Crippen LogP contribution in [0.15, 0.2) is 224 Å². The third-order valence-electron chi connectivity index (χ3n) is 10.0. The second-order valence-corrected chi connectivity index (χ2v) is 13.4. The van der Waals surface area contributed by atoms with Crippen molar-refractivity contribution in [2.75, 3.05) is 4.90 Å². The van der Waals surface area contributed by atoms with Crippen molar-refractivity contribution in [2.45, 2.75) is 0 Å². The van der Waals surface area contributed by atoms with Crippen LogP contribution in [-0.2, 0) is 0 Å². The molecule has 0 N–H and O–H groups in total. The zero-order chi connectivity index (χ0) is 35.4. The van der Waals surface area contributed by atoms with E-state index in [0.29, 0.717) is 0 Å². The largest absolute Gasteiger partial charge is 0.310 e. The number of anilines is 3. The molecule has 9 rings (SSSR count). The Kier molecular flexibility index (Phi) is 8.66. The maximum absolute atomic E-state index is 2.37. The third kappa shape index (κ3) is 6.65. The molecule has 250 valence electrons. The van der Waals surface area contributed by atoms with Crippen molar-refractivity contribution in [3.63, 3.8) is 0 Å². The van der Waals surface area contributed by atoms with Crippen LogP contribution < -0.4 is 4.90 Å². The molecule has 0 atom stereocenters. The summed E-state index contributed by atoms with van der Waals surface area (Å²) in [6, 6.07) is 80.8. The van der Waals surface area contributed by atoms with Gasteiger partial charge in [0.1, 0.15) is 0 Å². The Morgan fingerprint density at radius 2 is 0.623 bits per heavy atom. The molecule has 0 fully saturated rings. The van der Waals surface area contributed by atoms with Gasteiger partial charge in [-0.1, -0.05) is 176 Å². The standard InChI is InChI=1S/C52H37N/c1-3-14-38(15-4-1)40-30-32-48(33-31-40)53(49-26-11-23-45(36-49)43-21-9-20-42(34-43)39-16-5-2-6-17-39)50-27-12-24-46(37-50)44-22-10-25-47(35-44)52-29-13-19-41-18-7-8-28-51(41)52/h1-37H. The molecule has 1 nitrogen and oxygen atoms in total. The lowest BCUT2D eigenvalue weighted by Gasteiger charge is -2.27. The molecule has 0 saturated heterocycles. The number of rotatable bonds is 8. The van der Waals surface area contributed by atoms with Crippen LogP contribution >= 0.6 is 0 Å². The zero-order valence-electron chi connectivity index (χ0n) is 29.3. The first kappa shape index (κ1) is 32.0. The summed E-state index contributed by atoms with van der Waals surface area (Å²) in [5, 5.41) is 2.51. The monoisotopic (exact) mass is 675 g/mol. The Morgan fingerprint density at radius 3 is 1.25 bits per heavy atom. The predicted octanol–water partition coefficient (Wildman–Crippen LogP) is 14.6. The number of benzene rings is 9. The average molecular weight is 676 g/mol. The van der Waals surface area contributed by atoms with Gasteiger partial charge in [-0.15, -0.1) is 0 Å². The summed E-state index contributed by atoms with van der Waals surface area (Å²) < 4.78 is 0. The molecule has 0 bridgehead atoms. The molecule has 0 amide bonds. The maximum Gasteiger partial charge on any atom is 0.0467 e. The minimum absolute atomic E-state index is 1.10. The number of hydrogen-bond acceptors (Lipinski definition) is 1. The van der Waals surface area contributed by atoms with Crippen molar-refractivity contribution < 1.29 is 0 Å². The minimum atomic E-state index is 1.10. The Bertz CT molecular complexity index is 2650. The zero-order valence-corrected chi connectivity index (χ0v) is 29.3. The first-order chi connectivity index (χ1) is 26.3. The highest BCUT2D eigenvalue weighted by Crippen LogP contribution is 2.40. The summed E-state index contributed by atoms with van der Waals surface area (Å²) in [7, 11) is 0. The lowest BCUT2D eigenvalue weighted by molar-refractivity contribution is 1.28. The fourth-order valence-corrected chi connectivity index (χ4v) is 7.38. The third-order valence-corrected chi connectivity index (χ3v) is 10.0. The van der Waals surface area contributed by atoms with Crippen molar-refractivity contribution in [1.29, 1.82) is 0 Å². The molecular formula is C52H37N. The molecule has 0 saturated carbocycles. The molecule has 1 heteroatoms. The average Bonchev–Trinajstić information content (AvgIpc) is 3.25. The van der Waals surface area contributed by atoms with Crippen LogP contribution in [0.1, 0.15) is 0 Å². The molecule has 0 aliphatic rings. The Balaban J connectivity index is 1.13. The van der Waals surface area contributed by atoms with E-state index in [1.165, 1.54) is 66.4 Å². The highest BCUT2D eigenvalue weighted by molar-refractivity contribution is 5.97. The van der Waals surface area contributed by atoms with Gasteiger partial charge in [0.15, 0.2) is 0 Å². The Morgan fingerprint density at radius 1 is 0.226 bits per heavy atom. The first-order valence-corrected chi connectivity index (χ1v) is 18.2. The van der Waals surface area contributed by atoms with E-state index >= 15 is 0 Å². The van der Waals surface area contributed by atoms with Crippen LogP contribution in [-0.4, -0.2) is 0 Å². The molecule has 0 unspecified atom stereocenters. The molecule has 0 aromatic heterocycles. The van der Waals surface area contributed by atoms with E-state index in [0.717, 1.165) is 17.1 Å². The van der Waals surface area contributed by atoms with Gasteiger partial charge in [0.05, 0.1) is 0 Å². The predicted molar refractivity (Wildman–Crippen MR) is 226 cm³/mol. The van der Waals surface area contributed by atoms with Crippen LogP contribution in [0.4, 0.5) is 17.1 Å². The maximum atomic E-state index is 2.37. The fraction of sp³-hybridized carbons (Fsp3) is 0. The summed E-state index contributed by atoms with van der Waals surface area (Å²) >= 11 is 0. The number of fused-ring (bicyclic) bond motifs is 1. The molecule has 9 aromatic rings. The lowest BCUT2D eigenvalue weighted by atomic mass is 9.95. The van der Waals surface area contributed by atoms with Gasteiger partial charge in [-0.25, -0.2) is 0 Å². The van der Waals surface area contributed by atoms with E-state index in [9.17, 15) is 0 Å². The van der Waals surface area contributed by atoms with Crippen LogP contribution in [0.3, 0.4) is 0 Å². The summed E-state index contributed by atoms with van der Waals surface area (Å²) in [5.74, 6) is 0. The first-order valence-electron chi connectivity index (χ1n) is 18.2. The van der Waals surface area contributed by atoms with Crippen LogP contribution in [0.2, 0.25) is 0 Å². The van der Waals surface area contributed by atoms with Gasteiger partial charge in [0.25, 0.3) is 0 Å². The summed E-state index contributed by atoms with van der Waals surface area (Å²) in [4.78, 5) is 2.37. The molecule has 0 spiro atoms. The SMILES string of the molecule is c1ccc(-c2ccc(N(c3cccc(-c4cccc(-c5ccccc5)c4)c3)c3cccc(-c4cccc(-c5cccc6ccccc56)c4)c3)cc2)cc1. The van der Waals surface area contributed by atoms with E-state index in [-0.39, 0.29) is 0 Å². The van der Waals surface area contributed by atoms with E-state index in [1.807, 2.05) is 0 Å². The van der Waals surface area contributed by atoms with Crippen molar-refractivity contribution >= 4 is 27.8 Å². The molecule has 0 radical (unpaired) electrons. The highest BCUT2D eigenvalue weighted by Gasteiger charge is 2.16. The van der Waals surface area contributed by atoms with Crippen molar-refractivity contribution in [2.24, 2.45) is 0 Å². The summed E-state index contributed by atoms with van der Waals surface area (Å²) in [6.07, 6.45) is 0. The molecule has 0 aliphatic heterocycles.